The topological polar surface area (TPSA) is 59.2 Å². The number of hydrogen-bond acceptors (Lipinski definition) is 4. The number of benzene rings is 4. The molecule has 0 saturated heterocycles. The molecule has 0 aliphatic rings. The highest BCUT2D eigenvalue weighted by Crippen LogP contribution is 2.41. The molecule has 0 unspecified atom stereocenters. The molecule has 3 aromatic heterocycles. The third-order valence-electron chi connectivity index (χ3n) is 7.69. The van der Waals surface area contributed by atoms with Gasteiger partial charge in [-0.3, -0.25) is 4.98 Å². The second-order valence-electron chi connectivity index (χ2n) is 10.6. The summed E-state index contributed by atoms with van der Waals surface area (Å²) in [5.41, 5.74) is 12.4. The van der Waals surface area contributed by atoms with E-state index in [1.54, 1.807) is 12.3 Å². The lowest BCUT2D eigenvalue weighted by atomic mass is 9.91. The molecule has 0 fully saturated rings. The van der Waals surface area contributed by atoms with Crippen molar-refractivity contribution < 1.29 is 9.52 Å². The van der Waals surface area contributed by atoms with Gasteiger partial charge in [0.2, 0.25) is 0 Å². The number of fused-ring (bicyclic) bond motifs is 3. The molecule has 0 radical (unpaired) electrons. The van der Waals surface area contributed by atoms with Gasteiger partial charge in [-0.05, 0) is 97.6 Å². The highest BCUT2D eigenvalue weighted by Gasteiger charge is 2.19. The average molecular weight is 533 g/mol. The molecule has 1 N–H and O–H groups in total. The van der Waals surface area contributed by atoms with Crippen molar-refractivity contribution in [2.75, 3.05) is 0 Å². The van der Waals surface area contributed by atoms with Crippen LogP contribution in [0.25, 0.3) is 66.8 Å². The number of hydrogen-bond donors (Lipinski definition) is 1. The van der Waals surface area contributed by atoms with Crippen LogP contribution in [0.15, 0.2) is 114 Å². The van der Waals surface area contributed by atoms with Crippen molar-refractivity contribution in [3.05, 3.63) is 126 Å². The molecule has 0 atom stereocenters. The molecule has 0 bridgehead atoms. The van der Waals surface area contributed by atoms with Gasteiger partial charge in [0.05, 0.1) is 17.1 Å². The van der Waals surface area contributed by atoms with Crippen LogP contribution in [0.2, 0.25) is 0 Å². The number of aromatic hydroxyl groups is 1. The van der Waals surface area contributed by atoms with Crippen LogP contribution in [-0.2, 0) is 0 Å². The van der Waals surface area contributed by atoms with E-state index >= 15 is 0 Å². The number of aryl methyl sites for hydroxylation is 3. The van der Waals surface area contributed by atoms with Gasteiger partial charge in [-0.2, -0.15) is 0 Å². The first-order valence-corrected chi connectivity index (χ1v) is 13.7. The van der Waals surface area contributed by atoms with Crippen molar-refractivity contribution in [2.24, 2.45) is 0 Å². The maximum absolute atomic E-state index is 10.8. The first-order chi connectivity index (χ1) is 20.0. The zero-order valence-corrected chi connectivity index (χ0v) is 23.1. The normalized spacial score (nSPS) is 11.4. The van der Waals surface area contributed by atoms with Gasteiger partial charge >= 0.3 is 0 Å². The van der Waals surface area contributed by atoms with Crippen LogP contribution in [0.4, 0.5) is 0 Å². The van der Waals surface area contributed by atoms with Crippen LogP contribution in [-0.4, -0.2) is 15.1 Å². The Morgan fingerprint density at radius 2 is 1.34 bits per heavy atom. The number of pyridine rings is 2. The molecule has 198 valence electrons. The van der Waals surface area contributed by atoms with Crippen molar-refractivity contribution in [2.45, 2.75) is 20.8 Å². The van der Waals surface area contributed by atoms with Gasteiger partial charge in [0.1, 0.15) is 16.9 Å². The Balaban J connectivity index is 1.55. The van der Waals surface area contributed by atoms with Crippen molar-refractivity contribution in [3.8, 4) is 50.6 Å². The van der Waals surface area contributed by atoms with E-state index in [1.807, 2.05) is 54.6 Å². The molecule has 0 aliphatic carbocycles. The summed E-state index contributed by atoms with van der Waals surface area (Å²) < 4.78 is 6.38. The molecule has 0 amide bonds. The van der Waals surface area contributed by atoms with Gasteiger partial charge in [0.15, 0.2) is 0 Å². The Bertz CT molecular complexity index is 2070. The zero-order chi connectivity index (χ0) is 28.1. The molecule has 7 rings (SSSR count). The molecule has 4 nitrogen and oxygen atoms in total. The van der Waals surface area contributed by atoms with Gasteiger partial charge in [0.25, 0.3) is 0 Å². The van der Waals surface area contributed by atoms with Crippen molar-refractivity contribution in [3.63, 3.8) is 0 Å². The summed E-state index contributed by atoms with van der Waals surface area (Å²) in [5, 5.41) is 12.9. The molecule has 3 heterocycles. The van der Waals surface area contributed by atoms with Crippen LogP contribution in [0, 0.1) is 20.8 Å². The summed E-state index contributed by atoms with van der Waals surface area (Å²) in [6, 6.07) is 34.3. The van der Waals surface area contributed by atoms with Crippen LogP contribution < -0.4 is 0 Å². The number of nitrogens with zero attached hydrogens (tertiary/aromatic N) is 2. The Morgan fingerprint density at radius 1 is 0.610 bits per heavy atom. The fourth-order valence-electron chi connectivity index (χ4n) is 5.97. The molecule has 41 heavy (non-hydrogen) atoms. The molecule has 4 heteroatoms. The average Bonchev–Trinajstić information content (AvgIpc) is 3.35. The summed E-state index contributed by atoms with van der Waals surface area (Å²) in [6.07, 6.45) is 1.80. The van der Waals surface area contributed by atoms with E-state index < -0.39 is 0 Å². The van der Waals surface area contributed by atoms with E-state index in [2.05, 4.69) is 68.2 Å². The number of aromatic nitrogens is 2. The maximum Gasteiger partial charge on any atom is 0.144 e. The standard InChI is InChI=1S/C37H28N2O2/c1-22-16-23(2)36(24(3)17-22)26-20-32(39-33(21-26)28-11-4-6-13-34(28)40)25-18-29-27-10-5-7-14-35(27)41-37(29)30(19-25)31-12-8-9-15-38-31/h4-21,40H,1-3H3. The van der Waals surface area contributed by atoms with E-state index in [0.717, 1.165) is 50.0 Å². The Kier molecular flexibility index (Phi) is 5.90. The number of rotatable bonds is 4. The molecule has 0 aliphatic heterocycles. The highest BCUT2D eigenvalue weighted by atomic mass is 16.3. The fourth-order valence-corrected chi connectivity index (χ4v) is 5.97. The van der Waals surface area contributed by atoms with E-state index in [0.29, 0.717) is 11.3 Å². The van der Waals surface area contributed by atoms with Gasteiger partial charge in [-0.15, -0.1) is 0 Å². The van der Waals surface area contributed by atoms with Crippen molar-refractivity contribution >= 4 is 21.9 Å². The van der Waals surface area contributed by atoms with Crippen LogP contribution >= 0.6 is 0 Å². The van der Waals surface area contributed by atoms with E-state index in [9.17, 15) is 5.11 Å². The minimum Gasteiger partial charge on any atom is -0.507 e. The third kappa shape index (κ3) is 4.34. The SMILES string of the molecule is Cc1cc(C)c(-c2cc(-c3cc(-c4ccccn4)c4oc5ccccc5c4c3)nc(-c3ccccc3O)c2)c(C)c1. The summed E-state index contributed by atoms with van der Waals surface area (Å²) in [4.78, 5) is 9.80. The summed E-state index contributed by atoms with van der Waals surface area (Å²) in [6.45, 7) is 6.43. The van der Waals surface area contributed by atoms with Gasteiger partial charge < -0.3 is 9.52 Å². The third-order valence-corrected chi connectivity index (χ3v) is 7.69. The van der Waals surface area contributed by atoms with E-state index in [1.165, 1.54) is 22.3 Å². The van der Waals surface area contributed by atoms with Crippen molar-refractivity contribution in [1.82, 2.24) is 9.97 Å². The maximum atomic E-state index is 10.8. The smallest absolute Gasteiger partial charge is 0.144 e. The number of para-hydroxylation sites is 2. The molecule has 0 saturated carbocycles. The highest BCUT2D eigenvalue weighted by molar-refractivity contribution is 6.11. The summed E-state index contributed by atoms with van der Waals surface area (Å²) >= 11 is 0. The van der Waals surface area contributed by atoms with Gasteiger partial charge in [-0.25, -0.2) is 4.98 Å². The largest absolute Gasteiger partial charge is 0.507 e. The molecule has 0 spiro atoms. The minimum atomic E-state index is 0.200. The summed E-state index contributed by atoms with van der Waals surface area (Å²) in [5.74, 6) is 0.200. The quantitative estimate of drug-likeness (QED) is 0.245. The van der Waals surface area contributed by atoms with E-state index in [4.69, 9.17) is 9.40 Å². The van der Waals surface area contributed by atoms with Gasteiger partial charge in [-0.1, -0.05) is 54.1 Å². The molecular weight excluding hydrogens is 504 g/mol. The molecule has 4 aromatic carbocycles. The van der Waals surface area contributed by atoms with Crippen LogP contribution in [0.3, 0.4) is 0 Å². The van der Waals surface area contributed by atoms with E-state index in [-0.39, 0.29) is 5.75 Å². The number of phenolic OH excluding ortho intramolecular Hbond substituents is 1. The van der Waals surface area contributed by atoms with Crippen LogP contribution in [0.1, 0.15) is 16.7 Å². The first kappa shape index (κ1) is 24.8. The monoisotopic (exact) mass is 532 g/mol. The number of furan rings is 1. The van der Waals surface area contributed by atoms with Gasteiger partial charge in [0, 0.05) is 33.7 Å². The lowest BCUT2D eigenvalue weighted by Crippen LogP contribution is -1.95. The predicted octanol–water partition coefficient (Wildman–Crippen LogP) is 9.67. The molecule has 7 aromatic rings. The first-order valence-electron chi connectivity index (χ1n) is 13.7. The minimum absolute atomic E-state index is 0.200. The second kappa shape index (κ2) is 9.76. The number of phenols is 1. The zero-order valence-electron chi connectivity index (χ0n) is 23.1. The lowest BCUT2D eigenvalue weighted by molar-refractivity contribution is 0.477. The lowest BCUT2D eigenvalue weighted by Gasteiger charge is -2.16. The predicted molar refractivity (Wildman–Crippen MR) is 167 cm³/mol. The fraction of sp³-hybridized carbons (Fsp3) is 0.0811. The van der Waals surface area contributed by atoms with Crippen molar-refractivity contribution in [1.29, 1.82) is 0 Å². The van der Waals surface area contributed by atoms with Crippen LogP contribution in [0.5, 0.6) is 5.75 Å². The Hall–Kier alpha value is -5.22. The second-order valence-corrected chi connectivity index (χ2v) is 10.6. The Morgan fingerprint density at radius 3 is 2.12 bits per heavy atom. The summed E-state index contributed by atoms with van der Waals surface area (Å²) in [7, 11) is 0. The Labute approximate surface area is 238 Å². The molecular formula is C37H28N2O2.